The summed E-state index contributed by atoms with van der Waals surface area (Å²) in [6, 6.07) is 106. The van der Waals surface area contributed by atoms with Gasteiger partial charge >= 0.3 is 0 Å². The number of rotatable bonds is 11. The molecule has 0 aliphatic rings. The second-order valence-corrected chi connectivity index (χ2v) is 19.1. The summed E-state index contributed by atoms with van der Waals surface area (Å²) in [4.78, 5) is 2.34. The van der Waals surface area contributed by atoms with Crippen molar-refractivity contribution in [2.45, 2.75) is 0 Å². The molecule has 0 aliphatic heterocycles. The fourth-order valence-electron chi connectivity index (χ4n) is 10.8. The van der Waals surface area contributed by atoms with Crippen molar-refractivity contribution in [3.05, 3.63) is 297 Å². The van der Waals surface area contributed by atoms with E-state index in [1.54, 1.807) is 6.07 Å². The quantitative estimate of drug-likeness (QED) is 0.140. The van der Waals surface area contributed by atoms with E-state index in [0.717, 1.165) is 78.4 Å². The van der Waals surface area contributed by atoms with Crippen molar-refractivity contribution in [3.63, 3.8) is 0 Å². The molecule has 3 heteroatoms. The highest BCUT2D eigenvalue weighted by Gasteiger charge is 2.17. The molecule has 0 spiro atoms. The zero-order valence-electron chi connectivity index (χ0n) is 41.1. The lowest BCUT2D eigenvalue weighted by molar-refractivity contribution is 0.477. The molecule has 0 aliphatic carbocycles. The summed E-state index contributed by atoms with van der Waals surface area (Å²) in [6.45, 7) is 0. The van der Waals surface area contributed by atoms with Crippen molar-refractivity contribution in [3.8, 4) is 89.3 Å². The normalized spacial score (nSPS) is 11.3. The molecule has 12 aromatic carbocycles. The van der Waals surface area contributed by atoms with E-state index >= 15 is 0 Å². The Balaban J connectivity index is 0.849. The Bertz CT molecular complexity index is 4100. The van der Waals surface area contributed by atoms with Crippen LogP contribution in [0.1, 0.15) is 0 Å². The molecule has 0 amide bonds. The Morgan fingerprint density at radius 2 is 0.600 bits per heavy atom. The van der Waals surface area contributed by atoms with E-state index < -0.39 is 0 Å². The lowest BCUT2D eigenvalue weighted by atomic mass is 9.92. The number of benzene rings is 12. The fraction of sp³-hybridized carbons (Fsp3) is 0. The van der Waals surface area contributed by atoms with Crippen LogP contribution >= 0.6 is 0 Å². The Morgan fingerprint density at radius 3 is 1.09 bits per heavy atom. The van der Waals surface area contributed by atoms with Gasteiger partial charge in [0.2, 0.25) is 0 Å². The zero-order valence-corrected chi connectivity index (χ0v) is 41.1. The first kappa shape index (κ1) is 44.9. The molecule has 13 rings (SSSR count). The van der Waals surface area contributed by atoms with Crippen LogP contribution in [0.25, 0.3) is 105 Å². The molecule has 3 nitrogen and oxygen atoms in total. The van der Waals surface area contributed by atoms with E-state index in [1.165, 1.54) is 44.1 Å². The second kappa shape index (κ2) is 19.6. The van der Waals surface area contributed by atoms with Gasteiger partial charge in [-0.2, -0.15) is 0 Å². The zero-order chi connectivity index (χ0) is 50.1. The fourth-order valence-corrected chi connectivity index (χ4v) is 10.8. The summed E-state index contributed by atoms with van der Waals surface area (Å²) >= 11 is 0. The molecule has 0 saturated heterocycles. The van der Waals surface area contributed by atoms with E-state index in [-0.39, 0.29) is 5.75 Å². The van der Waals surface area contributed by atoms with Gasteiger partial charge in [0, 0.05) is 39.1 Å². The van der Waals surface area contributed by atoms with Gasteiger partial charge in [0.15, 0.2) is 0 Å². The monoisotopic (exact) mass is 958 g/mol. The van der Waals surface area contributed by atoms with Crippen LogP contribution in [0.2, 0.25) is 0 Å². The number of nitrogens with zero attached hydrogens (tertiary/aromatic N) is 2. The number of fused-ring (bicyclic) bond motifs is 3. The van der Waals surface area contributed by atoms with Crippen molar-refractivity contribution in [2.75, 3.05) is 4.90 Å². The van der Waals surface area contributed by atoms with E-state index in [1.807, 2.05) is 36.4 Å². The van der Waals surface area contributed by atoms with Crippen LogP contribution in [0.5, 0.6) is 5.75 Å². The van der Waals surface area contributed by atoms with Gasteiger partial charge in [0.25, 0.3) is 0 Å². The molecule has 0 atom stereocenters. The average Bonchev–Trinajstić information content (AvgIpc) is 3.84. The van der Waals surface area contributed by atoms with Crippen LogP contribution in [-0.2, 0) is 0 Å². The minimum atomic E-state index is 0.265. The molecule has 75 heavy (non-hydrogen) atoms. The molecule has 0 unspecified atom stereocenters. The van der Waals surface area contributed by atoms with Gasteiger partial charge in [-0.25, -0.2) is 0 Å². The smallest absolute Gasteiger partial charge is 0.124 e. The van der Waals surface area contributed by atoms with Gasteiger partial charge in [0.05, 0.1) is 11.0 Å². The molecule has 1 aromatic heterocycles. The first-order valence-electron chi connectivity index (χ1n) is 25.5. The lowest BCUT2D eigenvalue weighted by Gasteiger charge is -2.26. The number of anilines is 3. The minimum Gasteiger partial charge on any atom is -0.507 e. The van der Waals surface area contributed by atoms with Gasteiger partial charge in [-0.3, -0.25) is 0 Å². The molecule has 1 N–H and O–H groups in total. The number of hydrogen-bond donors (Lipinski definition) is 1. The molecule has 1 heterocycles. The molecular formula is C72H50N2O. The lowest BCUT2D eigenvalue weighted by Crippen LogP contribution is -2.09. The molecule has 354 valence electrons. The highest BCUT2D eigenvalue weighted by molar-refractivity contribution is 6.09. The molecule has 0 saturated carbocycles. The standard InChI is InChI=1S/C72H50N2O/c75-71-33-15-30-66(72(71)54-18-5-2-6-19-54)61-26-13-22-57(48-61)52-36-42-63(43-37-52)73(62-40-34-51(35-41-62)56-21-12-24-59(47-56)58-23-11-20-55(46-58)50-16-3-1-4-17-50)64-44-38-53(39-45-64)60-25-14-27-65(49-60)74-69-31-9-7-28-67(69)68-29-8-10-32-70(68)74/h1-49,75H. The average molecular weight is 959 g/mol. The highest BCUT2D eigenvalue weighted by atomic mass is 16.3. The highest BCUT2D eigenvalue weighted by Crippen LogP contribution is 2.42. The number of hydrogen-bond acceptors (Lipinski definition) is 2. The number of aromatic hydroxyl groups is 1. The molecule has 13 aromatic rings. The number of phenols is 1. The summed E-state index contributed by atoms with van der Waals surface area (Å²) in [7, 11) is 0. The predicted molar refractivity (Wildman–Crippen MR) is 315 cm³/mol. The predicted octanol–water partition coefficient (Wildman–Crippen LogP) is 19.6. The maximum atomic E-state index is 11.1. The van der Waals surface area contributed by atoms with Crippen molar-refractivity contribution in [1.82, 2.24) is 4.57 Å². The van der Waals surface area contributed by atoms with Gasteiger partial charge < -0.3 is 14.6 Å². The number of phenolic OH excluding ortho intramolecular Hbond substituents is 1. The second-order valence-electron chi connectivity index (χ2n) is 19.1. The molecule has 0 bridgehead atoms. The Morgan fingerprint density at radius 1 is 0.253 bits per heavy atom. The van der Waals surface area contributed by atoms with Gasteiger partial charge in [0.1, 0.15) is 5.75 Å². The van der Waals surface area contributed by atoms with Crippen molar-refractivity contribution in [1.29, 1.82) is 0 Å². The summed E-state index contributed by atoms with van der Waals surface area (Å²) in [6.07, 6.45) is 0. The Labute approximate surface area is 437 Å². The summed E-state index contributed by atoms with van der Waals surface area (Å²) in [5.74, 6) is 0.265. The van der Waals surface area contributed by atoms with Crippen molar-refractivity contribution in [2.24, 2.45) is 0 Å². The van der Waals surface area contributed by atoms with Crippen LogP contribution in [0.4, 0.5) is 17.1 Å². The molecule has 0 fully saturated rings. The first-order valence-corrected chi connectivity index (χ1v) is 25.5. The van der Waals surface area contributed by atoms with E-state index in [9.17, 15) is 5.11 Å². The molecular weight excluding hydrogens is 909 g/mol. The maximum Gasteiger partial charge on any atom is 0.124 e. The summed E-state index contributed by atoms with van der Waals surface area (Å²) in [5.41, 5.74) is 22.1. The van der Waals surface area contributed by atoms with Crippen molar-refractivity contribution >= 4 is 38.9 Å². The van der Waals surface area contributed by atoms with E-state index in [0.29, 0.717) is 0 Å². The summed E-state index contributed by atoms with van der Waals surface area (Å²) in [5, 5.41) is 13.6. The maximum absolute atomic E-state index is 11.1. The van der Waals surface area contributed by atoms with Gasteiger partial charge in [-0.1, -0.05) is 212 Å². The van der Waals surface area contributed by atoms with Crippen LogP contribution < -0.4 is 4.90 Å². The van der Waals surface area contributed by atoms with Crippen LogP contribution in [0.3, 0.4) is 0 Å². The minimum absolute atomic E-state index is 0.265. The third kappa shape index (κ3) is 8.73. The Hall–Kier alpha value is -9.96. The van der Waals surface area contributed by atoms with Gasteiger partial charge in [-0.05, 0) is 157 Å². The largest absolute Gasteiger partial charge is 0.507 e. The van der Waals surface area contributed by atoms with E-state index in [2.05, 4.69) is 264 Å². The van der Waals surface area contributed by atoms with Crippen LogP contribution in [-0.4, -0.2) is 9.67 Å². The Kier molecular flexibility index (Phi) is 11.7. The topological polar surface area (TPSA) is 28.4 Å². The van der Waals surface area contributed by atoms with Crippen LogP contribution in [0.15, 0.2) is 297 Å². The third-order valence-corrected chi connectivity index (χ3v) is 14.5. The van der Waals surface area contributed by atoms with Gasteiger partial charge in [-0.15, -0.1) is 0 Å². The number of aromatic nitrogens is 1. The van der Waals surface area contributed by atoms with Crippen molar-refractivity contribution < 1.29 is 5.11 Å². The molecule has 0 radical (unpaired) electrons. The SMILES string of the molecule is Oc1cccc(-c2cccc(-c3ccc(N(c4ccc(-c5cccc(-c6cccc(-c7ccccc7)c6)c5)cc4)c4ccc(-c5cccc(-n6c7ccccc7c7ccccc76)c5)cc4)cc3)c2)c1-c1ccccc1. The third-order valence-electron chi connectivity index (χ3n) is 14.5. The summed E-state index contributed by atoms with van der Waals surface area (Å²) < 4.78 is 2.38. The first-order chi connectivity index (χ1) is 37.1. The van der Waals surface area contributed by atoms with E-state index in [4.69, 9.17) is 0 Å². The number of para-hydroxylation sites is 2. The van der Waals surface area contributed by atoms with Crippen LogP contribution in [0, 0.1) is 0 Å².